The summed E-state index contributed by atoms with van der Waals surface area (Å²) in [5, 5.41) is 3.93. The number of nitrogens with one attached hydrogen (secondary N) is 1. The molecule has 0 spiro atoms. The second kappa shape index (κ2) is 7.90. The van der Waals surface area contributed by atoms with E-state index < -0.39 is 0 Å². The summed E-state index contributed by atoms with van der Waals surface area (Å²) in [6.45, 7) is 5.36. The normalized spacial score (nSPS) is 14.2. The van der Waals surface area contributed by atoms with Crippen LogP contribution in [-0.4, -0.2) is 41.1 Å². The molecule has 144 valence electrons. The van der Waals surface area contributed by atoms with Gasteiger partial charge in [0.1, 0.15) is 17.8 Å². The third-order valence-electron chi connectivity index (χ3n) is 4.77. The molecule has 3 N–H and O–H groups in total. The predicted octanol–water partition coefficient (Wildman–Crippen LogP) is 3.49. The maximum atomic E-state index is 6.37. The molecule has 2 aromatic heterocycles. The number of rotatable bonds is 4. The number of anilines is 5. The van der Waals surface area contributed by atoms with Crippen molar-refractivity contribution in [2.75, 3.05) is 47.0 Å². The number of nitrogens with zero attached hydrogens (tertiary/aromatic N) is 5. The molecule has 0 saturated carbocycles. The topological polar surface area (TPSA) is 83.2 Å². The van der Waals surface area contributed by atoms with Crippen LogP contribution in [0.3, 0.4) is 0 Å². The number of hydrogen-bond acceptors (Lipinski definition) is 7. The number of pyridine rings is 1. The van der Waals surface area contributed by atoms with Crippen LogP contribution in [0.4, 0.5) is 28.8 Å². The highest BCUT2D eigenvalue weighted by molar-refractivity contribution is 6.30. The van der Waals surface area contributed by atoms with Gasteiger partial charge in [0.2, 0.25) is 0 Å². The molecule has 0 radical (unpaired) electrons. The van der Waals surface area contributed by atoms with Gasteiger partial charge in [0.15, 0.2) is 11.6 Å². The Hall–Kier alpha value is -3.06. The van der Waals surface area contributed by atoms with Gasteiger partial charge >= 0.3 is 0 Å². The van der Waals surface area contributed by atoms with E-state index in [0.29, 0.717) is 17.3 Å². The fourth-order valence-corrected chi connectivity index (χ4v) is 3.43. The Bertz CT molecular complexity index is 953. The van der Waals surface area contributed by atoms with Gasteiger partial charge in [-0.2, -0.15) is 0 Å². The molecule has 7 nitrogen and oxygen atoms in total. The first-order valence-electron chi connectivity index (χ1n) is 9.16. The van der Waals surface area contributed by atoms with Crippen molar-refractivity contribution in [1.82, 2.24) is 15.0 Å². The van der Waals surface area contributed by atoms with Crippen molar-refractivity contribution in [1.29, 1.82) is 0 Å². The molecule has 0 bridgehead atoms. The molecule has 1 fully saturated rings. The number of benzene rings is 1. The summed E-state index contributed by atoms with van der Waals surface area (Å²) in [4.78, 5) is 17.6. The molecule has 3 aromatic rings. The van der Waals surface area contributed by atoms with Gasteiger partial charge in [-0.15, -0.1) is 0 Å². The molecular weight excluding hydrogens is 374 g/mol. The van der Waals surface area contributed by atoms with Crippen LogP contribution in [0.25, 0.3) is 0 Å². The number of aromatic nitrogens is 3. The molecular formula is C20H22ClN7. The quantitative estimate of drug-likeness (QED) is 0.699. The van der Waals surface area contributed by atoms with Crippen LogP contribution in [0.1, 0.15) is 5.56 Å². The van der Waals surface area contributed by atoms with Crippen LogP contribution in [-0.2, 0) is 0 Å². The predicted molar refractivity (Wildman–Crippen MR) is 115 cm³/mol. The summed E-state index contributed by atoms with van der Waals surface area (Å²) in [6, 6.07) is 11.8. The number of aryl methyl sites for hydroxylation is 1. The highest BCUT2D eigenvalue weighted by Gasteiger charge is 2.21. The van der Waals surface area contributed by atoms with Gasteiger partial charge < -0.3 is 20.9 Å². The zero-order chi connectivity index (χ0) is 19.5. The van der Waals surface area contributed by atoms with Gasteiger partial charge in [-0.3, -0.25) is 0 Å². The van der Waals surface area contributed by atoms with Crippen molar-refractivity contribution in [2.45, 2.75) is 6.92 Å². The van der Waals surface area contributed by atoms with E-state index in [1.165, 1.54) is 6.33 Å². The van der Waals surface area contributed by atoms with Crippen molar-refractivity contribution in [3.8, 4) is 0 Å². The van der Waals surface area contributed by atoms with Crippen LogP contribution >= 0.6 is 11.6 Å². The van der Waals surface area contributed by atoms with E-state index in [9.17, 15) is 0 Å². The van der Waals surface area contributed by atoms with E-state index in [2.05, 4.69) is 36.1 Å². The first-order chi connectivity index (χ1) is 13.6. The van der Waals surface area contributed by atoms with Crippen molar-refractivity contribution in [3.05, 3.63) is 59.5 Å². The lowest BCUT2D eigenvalue weighted by Crippen LogP contribution is -2.47. The monoisotopic (exact) mass is 395 g/mol. The summed E-state index contributed by atoms with van der Waals surface area (Å²) < 4.78 is 0. The third kappa shape index (κ3) is 3.94. The molecule has 28 heavy (non-hydrogen) atoms. The summed E-state index contributed by atoms with van der Waals surface area (Å²) >= 11 is 6.12. The van der Waals surface area contributed by atoms with Crippen molar-refractivity contribution >= 4 is 40.4 Å². The lowest BCUT2D eigenvalue weighted by atomic mass is 10.2. The largest absolute Gasteiger partial charge is 0.393 e. The highest BCUT2D eigenvalue weighted by Crippen LogP contribution is 2.29. The maximum Gasteiger partial charge on any atom is 0.160 e. The first kappa shape index (κ1) is 18.3. The average Bonchev–Trinajstić information content (AvgIpc) is 2.71. The Kier molecular flexibility index (Phi) is 5.16. The Morgan fingerprint density at radius 1 is 1.00 bits per heavy atom. The Morgan fingerprint density at radius 2 is 1.79 bits per heavy atom. The van der Waals surface area contributed by atoms with Crippen LogP contribution < -0.4 is 20.9 Å². The van der Waals surface area contributed by atoms with Crippen LogP contribution in [0, 0.1) is 6.92 Å². The zero-order valence-electron chi connectivity index (χ0n) is 15.6. The standard InChI is InChI=1S/C20H22ClN7/c1-14-5-6-17(23-12-14)26-19-18(22)20(25-13-24-19)28-9-7-27(8-10-28)16-4-2-3-15(21)11-16/h2-6,11-13H,7-10,22H2,1H3,(H,23,24,25,26). The van der Waals surface area contributed by atoms with Crippen LogP contribution in [0.15, 0.2) is 48.9 Å². The minimum Gasteiger partial charge on any atom is -0.393 e. The summed E-state index contributed by atoms with van der Waals surface area (Å²) in [5.41, 5.74) is 9.13. The van der Waals surface area contributed by atoms with E-state index in [1.807, 2.05) is 37.3 Å². The van der Waals surface area contributed by atoms with Gasteiger partial charge in [-0.05, 0) is 36.8 Å². The number of hydrogen-bond donors (Lipinski definition) is 2. The number of halogens is 1. The average molecular weight is 396 g/mol. The Balaban J connectivity index is 1.47. The van der Waals surface area contributed by atoms with E-state index in [-0.39, 0.29) is 0 Å². The lowest BCUT2D eigenvalue weighted by Gasteiger charge is -2.37. The summed E-state index contributed by atoms with van der Waals surface area (Å²) in [6.07, 6.45) is 3.33. The minimum absolute atomic E-state index is 0.529. The Morgan fingerprint density at radius 3 is 2.50 bits per heavy atom. The SMILES string of the molecule is Cc1ccc(Nc2ncnc(N3CCN(c4cccc(Cl)c4)CC3)c2N)nc1. The second-order valence-electron chi connectivity index (χ2n) is 6.76. The molecule has 0 unspecified atom stereocenters. The van der Waals surface area contributed by atoms with Crippen molar-refractivity contribution < 1.29 is 0 Å². The fourth-order valence-electron chi connectivity index (χ4n) is 3.25. The van der Waals surface area contributed by atoms with Crippen LogP contribution in [0.5, 0.6) is 0 Å². The smallest absolute Gasteiger partial charge is 0.160 e. The fraction of sp³-hybridized carbons (Fsp3) is 0.250. The van der Waals surface area contributed by atoms with Gasteiger partial charge in [0, 0.05) is 43.1 Å². The lowest BCUT2D eigenvalue weighted by molar-refractivity contribution is 0.647. The molecule has 1 saturated heterocycles. The first-order valence-corrected chi connectivity index (χ1v) is 9.53. The van der Waals surface area contributed by atoms with E-state index in [0.717, 1.165) is 48.3 Å². The molecule has 4 rings (SSSR count). The van der Waals surface area contributed by atoms with Gasteiger partial charge in [-0.1, -0.05) is 23.7 Å². The molecule has 0 amide bonds. The maximum absolute atomic E-state index is 6.37. The van der Waals surface area contributed by atoms with E-state index >= 15 is 0 Å². The Labute approximate surface area is 169 Å². The summed E-state index contributed by atoms with van der Waals surface area (Å²) in [5.74, 6) is 2.02. The molecule has 0 atom stereocenters. The van der Waals surface area contributed by atoms with Crippen LogP contribution in [0.2, 0.25) is 5.02 Å². The van der Waals surface area contributed by atoms with Gasteiger partial charge in [0.25, 0.3) is 0 Å². The second-order valence-corrected chi connectivity index (χ2v) is 7.20. The molecule has 1 aliphatic rings. The van der Waals surface area contributed by atoms with Gasteiger partial charge in [0.05, 0.1) is 0 Å². The molecule has 0 aliphatic carbocycles. The molecule has 1 aliphatic heterocycles. The third-order valence-corrected chi connectivity index (χ3v) is 5.01. The van der Waals surface area contributed by atoms with Gasteiger partial charge in [-0.25, -0.2) is 15.0 Å². The number of piperazine rings is 1. The van der Waals surface area contributed by atoms with E-state index in [4.69, 9.17) is 17.3 Å². The summed E-state index contributed by atoms with van der Waals surface area (Å²) in [7, 11) is 0. The molecule has 8 heteroatoms. The highest BCUT2D eigenvalue weighted by atomic mass is 35.5. The van der Waals surface area contributed by atoms with E-state index in [1.54, 1.807) is 6.20 Å². The van der Waals surface area contributed by atoms with Crippen molar-refractivity contribution in [2.24, 2.45) is 0 Å². The number of nitrogens with two attached hydrogens (primary N) is 1. The number of nitrogen functional groups attached to an aromatic ring is 1. The van der Waals surface area contributed by atoms with Crippen molar-refractivity contribution in [3.63, 3.8) is 0 Å². The molecule has 3 heterocycles. The zero-order valence-corrected chi connectivity index (χ0v) is 16.4. The molecule has 1 aromatic carbocycles. The minimum atomic E-state index is 0.529.